The lowest BCUT2D eigenvalue weighted by molar-refractivity contribution is -0.334. The fourth-order valence-corrected chi connectivity index (χ4v) is 6.14. The maximum Gasteiger partial charge on any atom is 0.338 e. The predicted octanol–water partition coefficient (Wildman–Crippen LogP) is 6.61. The normalized spacial score (nSPS) is 27.8. The molecule has 2 saturated heterocycles. The number of carbonyl (C=O) groups is 3. The Morgan fingerprint density at radius 3 is 1.78 bits per heavy atom. The number of benzene rings is 2. The minimum Gasteiger partial charge on any atom is -0.469 e. The lowest BCUT2D eigenvalue weighted by Gasteiger charge is -2.48. The van der Waals surface area contributed by atoms with Gasteiger partial charge in [-0.15, -0.1) is 0 Å². The number of carbonyl (C=O) groups excluding carboxylic acids is 3. The maximum absolute atomic E-state index is 13.6. The summed E-state index contributed by atoms with van der Waals surface area (Å²) in [7, 11) is 1.35. The van der Waals surface area contributed by atoms with Gasteiger partial charge in [-0.05, 0) is 68.4 Å². The molecule has 4 rings (SSSR count). The van der Waals surface area contributed by atoms with Gasteiger partial charge in [-0.3, -0.25) is 4.79 Å². The van der Waals surface area contributed by atoms with Crippen molar-refractivity contribution in [2.45, 2.75) is 121 Å². The van der Waals surface area contributed by atoms with Gasteiger partial charge < -0.3 is 37.9 Å². The zero-order valence-corrected chi connectivity index (χ0v) is 30.9. The number of hydrogen-bond acceptors (Lipinski definition) is 13. The highest BCUT2D eigenvalue weighted by Gasteiger charge is 2.54. The van der Waals surface area contributed by atoms with Crippen molar-refractivity contribution in [1.29, 1.82) is 0 Å². The molecule has 0 spiro atoms. The van der Waals surface area contributed by atoms with Crippen LogP contribution in [0.15, 0.2) is 70.9 Å². The summed E-state index contributed by atoms with van der Waals surface area (Å²) in [5, 5.41) is 7.89. The molecule has 292 valence electrons. The highest BCUT2D eigenvalue weighted by molar-refractivity contribution is 5.90. The first-order valence-electron chi connectivity index (χ1n) is 18.1. The summed E-state index contributed by atoms with van der Waals surface area (Å²) in [5.74, 6) is -1.84. The van der Waals surface area contributed by atoms with Gasteiger partial charge in [0.05, 0.1) is 36.5 Å². The fraction of sp³-hybridized carbons (Fsp3) is 0.595. The maximum atomic E-state index is 13.6. The Bertz CT molecular complexity index is 1590. The van der Waals surface area contributed by atoms with Crippen molar-refractivity contribution in [3.8, 4) is 0 Å². The number of methoxy groups -OCH3 is 1. The average Bonchev–Trinajstić information content (AvgIpc) is 3.18. The van der Waals surface area contributed by atoms with Gasteiger partial charge in [0.1, 0.15) is 18.2 Å². The molecule has 0 aliphatic carbocycles. The molecule has 2 fully saturated rings. The van der Waals surface area contributed by atoms with E-state index in [-0.39, 0.29) is 36.7 Å². The first-order chi connectivity index (χ1) is 26.2. The van der Waals surface area contributed by atoms with Gasteiger partial charge in [-0.25, -0.2) is 9.59 Å². The third kappa shape index (κ3) is 11.6. The van der Waals surface area contributed by atoms with Crippen molar-refractivity contribution in [2.75, 3.05) is 20.3 Å². The number of nitrogens with zero attached hydrogens (tertiary/aromatic N) is 6. The molecule has 0 amide bonds. The second-order valence-electron chi connectivity index (χ2n) is 12.8. The molecule has 2 aromatic rings. The molecule has 0 aromatic heterocycles. The Kier molecular flexibility index (Phi) is 17.0. The minimum absolute atomic E-state index is 0.191. The highest BCUT2D eigenvalue weighted by Crippen LogP contribution is 2.36. The van der Waals surface area contributed by atoms with E-state index in [0.29, 0.717) is 25.7 Å². The Balaban J connectivity index is 1.69. The number of esters is 3. The van der Waals surface area contributed by atoms with Crippen molar-refractivity contribution < 1.29 is 52.3 Å². The SMILES string of the molecule is CCCCO[C@@H]1C(O[C@H]2OC(C)[C@@H](N=[N+]=[N-])C(OC(=O)c3ccccc3)[C@H]2OC(=O)c2ccccc2)[C@H](N=[N+]=[N-])C(C)O[C@@H]1OCCCCCC(=O)OC. The molecule has 0 bridgehead atoms. The van der Waals surface area contributed by atoms with Gasteiger partial charge in [0.25, 0.3) is 0 Å². The lowest BCUT2D eigenvalue weighted by Crippen LogP contribution is -2.64. The van der Waals surface area contributed by atoms with Crippen LogP contribution >= 0.6 is 0 Å². The monoisotopic (exact) mass is 752 g/mol. The molecule has 2 aromatic carbocycles. The minimum atomic E-state index is -1.49. The van der Waals surface area contributed by atoms with E-state index in [2.05, 4.69) is 20.1 Å². The summed E-state index contributed by atoms with van der Waals surface area (Å²) in [6.45, 7) is 5.84. The van der Waals surface area contributed by atoms with Gasteiger partial charge in [-0.1, -0.05) is 66.4 Å². The topological polar surface area (TPSA) is 223 Å². The second kappa shape index (κ2) is 21.8. The molecule has 0 N–H and O–H groups in total. The van der Waals surface area contributed by atoms with E-state index in [9.17, 15) is 25.4 Å². The van der Waals surface area contributed by atoms with Crippen molar-refractivity contribution in [2.24, 2.45) is 10.2 Å². The zero-order chi connectivity index (χ0) is 38.9. The number of rotatable bonds is 19. The summed E-state index contributed by atoms with van der Waals surface area (Å²) in [4.78, 5) is 44.7. The Morgan fingerprint density at radius 1 is 0.685 bits per heavy atom. The van der Waals surface area contributed by atoms with Crippen molar-refractivity contribution in [3.63, 3.8) is 0 Å². The summed E-state index contributed by atoms with van der Waals surface area (Å²) in [5.41, 5.74) is 19.6. The van der Waals surface area contributed by atoms with E-state index in [1.54, 1.807) is 74.5 Å². The molecule has 10 atom stereocenters. The molecule has 2 aliphatic rings. The Labute approximate surface area is 313 Å². The molecule has 17 heteroatoms. The molecule has 0 radical (unpaired) electrons. The second-order valence-corrected chi connectivity index (χ2v) is 12.8. The van der Waals surface area contributed by atoms with Crippen LogP contribution in [0.4, 0.5) is 0 Å². The van der Waals surface area contributed by atoms with Crippen LogP contribution in [0.25, 0.3) is 20.9 Å². The van der Waals surface area contributed by atoms with Crippen LogP contribution in [0.2, 0.25) is 0 Å². The summed E-state index contributed by atoms with van der Waals surface area (Å²) < 4.78 is 48.4. The quantitative estimate of drug-likeness (QED) is 0.0371. The molecule has 2 heterocycles. The van der Waals surface area contributed by atoms with E-state index in [1.165, 1.54) is 7.11 Å². The number of azide groups is 2. The summed E-state index contributed by atoms with van der Waals surface area (Å²) in [6.07, 6.45) is -5.35. The van der Waals surface area contributed by atoms with Gasteiger partial charge in [0.2, 0.25) is 0 Å². The van der Waals surface area contributed by atoms with Crippen LogP contribution in [-0.4, -0.2) is 99.5 Å². The van der Waals surface area contributed by atoms with Crippen LogP contribution in [-0.2, 0) is 42.7 Å². The molecule has 4 unspecified atom stereocenters. The molecule has 0 saturated carbocycles. The molecule has 17 nitrogen and oxygen atoms in total. The third-order valence-electron chi connectivity index (χ3n) is 9.03. The summed E-state index contributed by atoms with van der Waals surface area (Å²) >= 11 is 0. The van der Waals surface area contributed by atoms with E-state index in [4.69, 9.17) is 37.9 Å². The predicted molar refractivity (Wildman–Crippen MR) is 192 cm³/mol. The van der Waals surface area contributed by atoms with Crippen LogP contribution in [0.1, 0.15) is 80.0 Å². The molecule has 54 heavy (non-hydrogen) atoms. The first-order valence-corrected chi connectivity index (χ1v) is 18.1. The van der Waals surface area contributed by atoms with Crippen LogP contribution in [0.5, 0.6) is 0 Å². The highest BCUT2D eigenvalue weighted by atomic mass is 16.7. The van der Waals surface area contributed by atoms with Crippen LogP contribution < -0.4 is 0 Å². The van der Waals surface area contributed by atoms with Gasteiger partial charge in [-0.2, -0.15) is 0 Å². The summed E-state index contributed by atoms with van der Waals surface area (Å²) in [6, 6.07) is 14.2. The number of unbranched alkanes of at least 4 members (excludes halogenated alkanes) is 3. The lowest BCUT2D eigenvalue weighted by atomic mass is 9.95. The van der Waals surface area contributed by atoms with Crippen molar-refractivity contribution >= 4 is 17.9 Å². The largest absolute Gasteiger partial charge is 0.469 e. The Morgan fingerprint density at radius 2 is 1.22 bits per heavy atom. The first kappa shape index (κ1) is 42.0. The van der Waals surface area contributed by atoms with Gasteiger partial charge in [0, 0.05) is 29.5 Å². The van der Waals surface area contributed by atoms with Gasteiger partial charge >= 0.3 is 17.9 Å². The van der Waals surface area contributed by atoms with Gasteiger partial charge in [0.15, 0.2) is 24.8 Å². The molecular formula is C37H48N6O11. The van der Waals surface area contributed by atoms with E-state index in [0.717, 1.165) is 6.42 Å². The fourth-order valence-electron chi connectivity index (χ4n) is 6.14. The number of hydrogen-bond donors (Lipinski definition) is 0. The molecular weight excluding hydrogens is 704 g/mol. The zero-order valence-electron chi connectivity index (χ0n) is 30.9. The third-order valence-corrected chi connectivity index (χ3v) is 9.03. The van der Waals surface area contributed by atoms with Crippen LogP contribution in [0, 0.1) is 0 Å². The number of ether oxygens (including phenoxy) is 8. The molecule has 2 aliphatic heterocycles. The standard InChI is InChI=1S/C37H48N6O11/c1-5-6-21-48-32-30(28(40-42-38)23(2)50-36(32)49-22-15-9-14-20-27(44)47-4)54-37-33(53-35(46)26-18-12-8-13-19-26)31(29(41-43-39)24(3)51-37)52-34(45)25-16-10-7-11-17-25/h7-8,10-13,16-19,23-24,28-33,36-37H,5-6,9,14-15,20-22H2,1-4H3/t23?,24?,28-,29-,30?,31?,32-,33-,36+,37-/m1/s1. The van der Waals surface area contributed by atoms with Crippen molar-refractivity contribution in [3.05, 3.63) is 92.7 Å². The van der Waals surface area contributed by atoms with Crippen molar-refractivity contribution in [1.82, 2.24) is 0 Å². The van der Waals surface area contributed by atoms with E-state index in [1.807, 2.05) is 6.92 Å². The average molecular weight is 753 g/mol. The van der Waals surface area contributed by atoms with Crippen LogP contribution in [0.3, 0.4) is 0 Å². The van der Waals surface area contributed by atoms with E-state index < -0.39 is 73.2 Å². The Hall–Kier alpha value is -4.73. The smallest absolute Gasteiger partial charge is 0.338 e. The van der Waals surface area contributed by atoms with E-state index >= 15 is 0 Å².